The highest BCUT2D eigenvalue weighted by Crippen LogP contribution is 2.36. The predicted molar refractivity (Wildman–Crippen MR) is 101 cm³/mol. The lowest BCUT2D eigenvalue weighted by Gasteiger charge is -2.15. The molecular formula is C20H12F6N4O2. The molecule has 0 aliphatic heterocycles. The van der Waals surface area contributed by atoms with Gasteiger partial charge in [0.15, 0.2) is 5.65 Å². The summed E-state index contributed by atoms with van der Waals surface area (Å²) in [6.45, 7) is -0.813. The Morgan fingerprint density at radius 2 is 1.47 bits per heavy atom. The maximum atomic E-state index is 13.2. The Labute approximate surface area is 174 Å². The Hall–Kier alpha value is -3.83. The van der Waals surface area contributed by atoms with Gasteiger partial charge in [0.25, 0.3) is 5.56 Å². The molecule has 32 heavy (non-hydrogen) atoms. The molecule has 166 valence electrons. The van der Waals surface area contributed by atoms with Crippen LogP contribution in [0.3, 0.4) is 0 Å². The molecule has 2 aromatic heterocycles. The number of H-pyrrole nitrogens is 1. The number of imidazole rings is 1. The summed E-state index contributed by atoms with van der Waals surface area (Å²) in [5.41, 5.74) is -5.33. The first kappa shape index (κ1) is 21.4. The molecule has 1 N–H and O–H groups in total. The largest absolute Gasteiger partial charge is 0.416 e. The highest BCUT2D eigenvalue weighted by molar-refractivity contribution is 5.71. The number of para-hydroxylation sites is 1. The SMILES string of the molecule is O=c1c2[nH]cnc2n(-c2ccccc2)c(=O)n1Cc1cc(C(F)(F)F)cc(C(F)(F)F)c1. The zero-order valence-electron chi connectivity index (χ0n) is 15.8. The number of rotatable bonds is 3. The number of alkyl halides is 6. The molecule has 2 aromatic carbocycles. The Balaban J connectivity index is 1.95. The van der Waals surface area contributed by atoms with Gasteiger partial charge in [0.1, 0.15) is 5.52 Å². The number of benzene rings is 2. The highest BCUT2D eigenvalue weighted by Gasteiger charge is 2.37. The molecule has 0 saturated heterocycles. The standard InChI is InChI=1S/C20H12F6N4O2/c21-19(22,23)12-6-11(7-13(8-12)20(24,25)26)9-29-17(31)15-16(28-10-27-15)30(18(29)32)14-4-2-1-3-5-14/h1-8,10H,9H2,(H,27,28). The van der Waals surface area contributed by atoms with E-state index in [4.69, 9.17) is 0 Å². The van der Waals surface area contributed by atoms with Gasteiger partial charge in [0.2, 0.25) is 0 Å². The molecule has 0 unspecified atom stereocenters. The summed E-state index contributed by atoms with van der Waals surface area (Å²) in [7, 11) is 0. The van der Waals surface area contributed by atoms with Crippen molar-refractivity contribution >= 4 is 11.2 Å². The van der Waals surface area contributed by atoms with Crippen LogP contribution in [0.5, 0.6) is 0 Å². The van der Waals surface area contributed by atoms with Gasteiger partial charge in [0.05, 0.1) is 29.7 Å². The van der Waals surface area contributed by atoms with Crippen LogP contribution >= 0.6 is 0 Å². The van der Waals surface area contributed by atoms with Crippen molar-refractivity contribution in [1.82, 2.24) is 19.1 Å². The lowest BCUT2D eigenvalue weighted by atomic mass is 10.0. The van der Waals surface area contributed by atoms with Gasteiger partial charge < -0.3 is 4.98 Å². The third kappa shape index (κ3) is 3.79. The van der Waals surface area contributed by atoms with E-state index in [1.54, 1.807) is 18.2 Å². The van der Waals surface area contributed by atoms with Crippen molar-refractivity contribution < 1.29 is 26.3 Å². The molecule has 0 atom stereocenters. The molecule has 0 radical (unpaired) electrons. The van der Waals surface area contributed by atoms with Crippen molar-refractivity contribution in [2.75, 3.05) is 0 Å². The maximum absolute atomic E-state index is 13.2. The highest BCUT2D eigenvalue weighted by atomic mass is 19.4. The average Bonchev–Trinajstić information content (AvgIpc) is 3.20. The molecule has 6 nitrogen and oxygen atoms in total. The molecule has 0 bridgehead atoms. The Bertz CT molecular complexity index is 1380. The van der Waals surface area contributed by atoms with Crippen molar-refractivity contribution in [3.63, 3.8) is 0 Å². The maximum Gasteiger partial charge on any atom is 0.416 e. The summed E-state index contributed by atoms with van der Waals surface area (Å²) in [4.78, 5) is 32.4. The third-order valence-corrected chi connectivity index (χ3v) is 4.71. The van der Waals surface area contributed by atoms with E-state index >= 15 is 0 Å². The van der Waals surface area contributed by atoms with Crippen LogP contribution < -0.4 is 11.2 Å². The number of fused-ring (bicyclic) bond motifs is 1. The number of hydrogen-bond acceptors (Lipinski definition) is 3. The zero-order chi connectivity index (χ0) is 23.3. The molecule has 0 spiro atoms. The predicted octanol–water partition coefficient (Wildman–Crippen LogP) is 3.96. The summed E-state index contributed by atoms with van der Waals surface area (Å²) >= 11 is 0. The summed E-state index contributed by atoms with van der Waals surface area (Å²) < 4.78 is 80.6. The summed E-state index contributed by atoms with van der Waals surface area (Å²) in [6.07, 6.45) is -8.96. The topological polar surface area (TPSA) is 72.7 Å². The molecule has 0 fully saturated rings. The van der Waals surface area contributed by atoms with Crippen LogP contribution in [0.2, 0.25) is 0 Å². The normalized spacial score (nSPS) is 12.4. The van der Waals surface area contributed by atoms with Crippen LogP contribution in [0.1, 0.15) is 16.7 Å². The summed E-state index contributed by atoms with van der Waals surface area (Å²) in [6, 6.07) is 8.90. The van der Waals surface area contributed by atoms with Crippen molar-refractivity contribution in [1.29, 1.82) is 0 Å². The fourth-order valence-corrected chi connectivity index (χ4v) is 3.29. The van der Waals surface area contributed by atoms with E-state index in [1.165, 1.54) is 12.1 Å². The molecule has 2 heterocycles. The van der Waals surface area contributed by atoms with Gasteiger partial charge in [0, 0.05) is 0 Å². The van der Waals surface area contributed by atoms with Gasteiger partial charge in [-0.3, -0.25) is 9.36 Å². The van der Waals surface area contributed by atoms with E-state index < -0.39 is 46.8 Å². The van der Waals surface area contributed by atoms with E-state index in [0.29, 0.717) is 22.4 Å². The third-order valence-electron chi connectivity index (χ3n) is 4.71. The second-order valence-electron chi connectivity index (χ2n) is 6.86. The molecule has 4 aromatic rings. The van der Waals surface area contributed by atoms with Crippen molar-refractivity contribution in [3.8, 4) is 5.69 Å². The molecule has 0 amide bonds. The van der Waals surface area contributed by atoms with Gasteiger partial charge in [-0.2, -0.15) is 26.3 Å². The minimum absolute atomic E-state index is 0.0212. The van der Waals surface area contributed by atoms with Gasteiger partial charge in [-0.15, -0.1) is 0 Å². The van der Waals surface area contributed by atoms with Crippen LogP contribution in [-0.2, 0) is 18.9 Å². The van der Waals surface area contributed by atoms with Crippen LogP contribution in [0.25, 0.3) is 16.9 Å². The van der Waals surface area contributed by atoms with Gasteiger partial charge in [-0.05, 0) is 35.9 Å². The monoisotopic (exact) mass is 454 g/mol. The molecular weight excluding hydrogens is 442 g/mol. The fraction of sp³-hybridized carbons (Fsp3) is 0.150. The number of nitrogens with zero attached hydrogens (tertiary/aromatic N) is 3. The van der Waals surface area contributed by atoms with Crippen molar-refractivity contribution in [2.45, 2.75) is 18.9 Å². The molecule has 0 saturated carbocycles. The average molecular weight is 454 g/mol. The molecule has 0 aliphatic carbocycles. The fourth-order valence-electron chi connectivity index (χ4n) is 3.29. The Kier molecular flexibility index (Phi) is 4.94. The smallest absolute Gasteiger partial charge is 0.339 e. The minimum Gasteiger partial charge on any atom is -0.339 e. The van der Waals surface area contributed by atoms with E-state index in [0.717, 1.165) is 10.9 Å². The number of nitrogens with one attached hydrogen (secondary N) is 1. The van der Waals surface area contributed by atoms with Gasteiger partial charge in [-0.1, -0.05) is 18.2 Å². The van der Waals surface area contributed by atoms with E-state index in [1.807, 2.05) is 0 Å². The van der Waals surface area contributed by atoms with Gasteiger partial charge in [-0.25, -0.2) is 14.3 Å². The lowest BCUT2D eigenvalue weighted by molar-refractivity contribution is -0.143. The second-order valence-corrected chi connectivity index (χ2v) is 6.86. The van der Waals surface area contributed by atoms with Crippen LogP contribution in [-0.4, -0.2) is 19.1 Å². The number of hydrogen-bond donors (Lipinski definition) is 1. The van der Waals surface area contributed by atoms with E-state index in [-0.39, 0.29) is 17.2 Å². The summed E-state index contributed by atoms with van der Waals surface area (Å²) in [5, 5.41) is 0. The van der Waals surface area contributed by atoms with Crippen LogP contribution in [0, 0.1) is 0 Å². The first-order chi connectivity index (χ1) is 15.0. The molecule has 0 aliphatic rings. The van der Waals surface area contributed by atoms with Gasteiger partial charge >= 0.3 is 18.0 Å². The minimum atomic E-state index is -5.06. The number of aromatic amines is 1. The molecule has 12 heteroatoms. The molecule has 4 rings (SSSR count). The second kappa shape index (κ2) is 7.39. The Morgan fingerprint density at radius 1 is 0.875 bits per heavy atom. The number of halogens is 6. The van der Waals surface area contributed by atoms with Crippen molar-refractivity contribution in [3.05, 3.63) is 92.4 Å². The zero-order valence-corrected chi connectivity index (χ0v) is 15.8. The van der Waals surface area contributed by atoms with E-state index in [9.17, 15) is 35.9 Å². The van der Waals surface area contributed by atoms with Crippen LogP contribution in [0.4, 0.5) is 26.3 Å². The quantitative estimate of drug-likeness (QED) is 0.477. The first-order valence-electron chi connectivity index (χ1n) is 8.99. The number of aromatic nitrogens is 4. The van der Waals surface area contributed by atoms with Crippen molar-refractivity contribution in [2.24, 2.45) is 0 Å². The first-order valence-corrected chi connectivity index (χ1v) is 8.99. The van der Waals surface area contributed by atoms with E-state index in [2.05, 4.69) is 9.97 Å². The lowest BCUT2D eigenvalue weighted by Crippen LogP contribution is -2.40. The summed E-state index contributed by atoms with van der Waals surface area (Å²) in [5.74, 6) is 0. The van der Waals surface area contributed by atoms with Crippen LogP contribution in [0.15, 0.2) is 64.4 Å². The Morgan fingerprint density at radius 3 is 2.03 bits per heavy atom.